The van der Waals surface area contributed by atoms with Gasteiger partial charge >= 0.3 is 0 Å². The third kappa shape index (κ3) is 5.60. The van der Waals surface area contributed by atoms with Crippen LogP contribution in [0.3, 0.4) is 0 Å². The Morgan fingerprint density at radius 2 is 1.04 bits per heavy atom. The van der Waals surface area contributed by atoms with Crippen molar-refractivity contribution in [3.05, 3.63) is 71.8 Å². The summed E-state index contributed by atoms with van der Waals surface area (Å²) in [5.74, 6) is -0.105. The Kier molecular flexibility index (Phi) is 6.96. The van der Waals surface area contributed by atoms with Crippen molar-refractivity contribution in [1.29, 1.82) is 0 Å². The maximum absolute atomic E-state index is 11.8. The lowest BCUT2D eigenvalue weighted by atomic mass is 10.1. The monoisotopic (exact) mass is 334 g/mol. The second-order valence-corrected chi connectivity index (χ2v) is 5.66. The topological polar surface area (TPSA) is 58.9 Å². The highest BCUT2D eigenvalue weighted by atomic mass is 16.1. The predicted molar refractivity (Wildman–Crippen MR) is 102 cm³/mol. The van der Waals surface area contributed by atoms with Crippen LogP contribution in [0, 0.1) is 0 Å². The molecule has 4 nitrogen and oxygen atoms in total. The Hall–Kier alpha value is -2.88. The van der Waals surface area contributed by atoms with E-state index in [2.05, 4.69) is 9.98 Å². The highest BCUT2D eigenvalue weighted by Crippen LogP contribution is 2.05. The van der Waals surface area contributed by atoms with Gasteiger partial charge in [-0.2, -0.15) is 0 Å². The molecule has 0 saturated heterocycles. The van der Waals surface area contributed by atoms with Gasteiger partial charge in [0.05, 0.1) is 0 Å². The molecule has 25 heavy (non-hydrogen) atoms. The zero-order valence-corrected chi connectivity index (χ0v) is 14.6. The summed E-state index contributed by atoms with van der Waals surface area (Å²) in [5.41, 5.74) is 2.62. The number of ketones is 2. The van der Waals surface area contributed by atoms with Gasteiger partial charge in [0.2, 0.25) is 0 Å². The Balaban J connectivity index is 2.01. The number of benzene rings is 2. The molecule has 0 saturated carbocycles. The van der Waals surface area contributed by atoms with Crippen molar-refractivity contribution in [2.45, 2.75) is 20.3 Å². The van der Waals surface area contributed by atoms with Gasteiger partial charge in [0, 0.05) is 38.1 Å². The van der Waals surface area contributed by atoms with Crippen molar-refractivity contribution in [3.8, 4) is 0 Å². The number of hydrogen-bond acceptors (Lipinski definition) is 4. The quantitative estimate of drug-likeness (QED) is 0.548. The average molecular weight is 334 g/mol. The number of Topliss-reactive ketones (excluding diaryl/α,β-unsaturated/α-hetero) is 2. The van der Waals surface area contributed by atoms with Crippen LogP contribution in [0.1, 0.15) is 31.4 Å². The van der Waals surface area contributed by atoms with E-state index in [9.17, 15) is 9.59 Å². The van der Waals surface area contributed by atoms with Crippen LogP contribution in [0.5, 0.6) is 0 Å². The number of rotatable bonds is 8. The minimum atomic E-state index is -0.0524. The summed E-state index contributed by atoms with van der Waals surface area (Å²) in [5, 5.41) is 0. The molecule has 0 aliphatic carbocycles. The van der Waals surface area contributed by atoms with E-state index in [1.165, 1.54) is 13.8 Å². The lowest BCUT2D eigenvalue weighted by Gasteiger charge is -2.04. The molecule has 2 aromatic carbocycles. The van der Waals surface area contributed by atoms with Crippen LogP contribution in [0.25, 0.3) is 0 Å². The summed E-state index contributed by atoms with van der Waals surface area (Å²) in [4.78, 5) is 32.4. The van der Waals surface area contributed by atoms with Crippen LogP contribution in [0.4, 0.5) is 0 Å². The molecule has 2 aromatic rings. The number of hydrogen-bond donors (Lipinski definition) is 0. The van der Waals surface area contributed by atoms with Crippen LogP contribution in [-0.2, 0) is 9.59 Å². The van der Waals surface area contributed by atoms with Gasteiger partial charge in [-0.1, -0.05) is 60.7 Å². The van der Waals surface area contributed by atoms with Crippen molar-refractivity contribution >= 4 is 23.0 Å². The summed E-state index contributed by atoms with van der Waals surface area (Å²) in [6, 6.07) is 18.9. The molecular formula is C21H22N2O2. The fourth-order valence-electron chi connectivity index (χ4n) is 2.46. The molecule has 0 fully saturated rings. The smallest absolute Gasteiger partial charge is 0.178 e. The number of carbonyl (C=O) groups excluding carboxylic acids is 2. The second kappa shape index (κ2) is 9.42. The van der Waals surface area contributed by atoms with Gasteiger partial charge in [-0.3, -0.25) is 19.6 Å². The van der Waals surface area contributed by atoms with Gasteiger partial charge in [0.15, 0.2) is 11.6 Å². The summed E-state index contributed by atoms with van der Waals surface area (Å²) in [6.45, 7) is 4.03. The first-order chi connectivity index (χ1) is 12.1. The first-order valence-electron chi connectivity index (χ1n) is 8.31. The molecular weight excluding hydrogens is 312 g/mol. The van der Waals surface area contributed by atoms with Crippen molar-refractivity contribution in [3.63, 3.8) is 0 Å². The molecule has 0 aliphatic heterocycles. The molecule has 0 spiro atoms. The Bertz CT molecular complexity index is 711. The Morgan fingerprint density at radius 3 is 1.36 bits per heavy atom. The maximum atomic E-state index is 11.8. The zero-order valence-electron chi connectivity index (χ0n) is 14.6. The molecule has 0 unspecified atom stereocenters. The Labute approximate surface area is 148 Å². The van der Waals surface area contributed by atoms with E-state index in [-0.39, 0.29) is 11.6 Å². The minimum absolute atomic E-state index is 0.0524. The van der Waals surface area contributed by atoms with Crippen LogP contribution in [-0.4, -0.2) is 36.1 Å². The lowest BCUT2D eigenvalue weighted by Crippen LogP contribution is -2.13. The molecule has 0 radical (unpaired) electrons. The normalized spacial score (nSPS) is 12.1. The molecule has 0 bridgehead atoms. The zero-order chi connectivity index (χ0) is 18.1. The predicted octanol–water partition coefficient (Wildman–Crippen LogP) is 3.53. The maximum Gasteiger partial charge on any atom is 0.178 e. The van der Waals surface area contributed by atoms with Gasteiger partial charge in [0.1, 0.15) is 11.4 Å². The lowest BCUT2D eigenvalue weighted by molar-refractivity contribution is -0.111. The summed E-state index contributed by atoms with van der Waals surface area (Å²) >= 11 is 0. The average Bonchev–Trinajstić information content (AvgIpc) is 2.62. The molecule has 0 aromatic heterocycles. The van der Waals surface area contributed by atoms with Crippen LogP contribution in [0.2, 0.25) is 0 Å². The molecule has 0 atom stereocenters. The molecule has 128 valence electrons. The van der Waals surface area contributed by atoms with E-state index in [1.807, 2.05) is 60.7 Å². The SMILES string of the molecule is CC(=O)C(=NCCCN=C(C(C)=O)c1ccccc1)c1ccccc1. The van der Waals surface area contributed by atoms with E-state index in [1.54, 1.807) is 0 Å². The van der Waals surface area contributed by atoms with E-state index in [0.717, 1.165) is 11.1 Å². The van der Waals surface area contributed by atoms with Crippen LogP contribution in [0.15, 0.2) is 70.6 Å². The first kappa shape index (κ1) is 18.5. The largest absolute Gasteiger partial charge is 0.293 e. The molecule has 0 amide bonds. The Morgan fingerprint density at radius 1 is 0.680 bits per heavy atom. The summed E-state index contributed by atoms with van der Waals surface area (Å²) in [6.07, 6.45) is 0.674. The van der Waals surface area contributed by atoms with Gasteiger partial charge in [0.25, 0.3) is 0 Å². The van der Waals surface area contributed by atoms with Gasteiger partial charge in [-0.25, -0.2) is 0 Å². The van der Waals surface area contributed by atoms with Crippen molar-refractivity contribution in [1.82, 2.24) is 0 Å². The van der Waals surface area contributed by atoms with E-state index < -0.39 is 0 Å². The van der Waals surface area contributed by atoms with Crippen molar-refractivity contribution < 1.29 is 9.59 Å². The standard InChI is InChI=1S/C21H22N2O2/c1-16(24)20(18-10-5-3-6-11-18)22-14-9-15-23-21(17(2)25)19-12-7-4-8-13-19/h3-8,10-13H,9,14-15H2,1-2H3. The number of carbonyl (C=O) groups is 2. The van der Waals surface area contributed by atoms with Gasteiger partial charge in [-0.15, -0.1) is 0 Å². The summed E-state index contributed by atoms with van der Waals surface area (Å²) < 4.78 is 0. The van der Waals surface area contributed by atoms with Crippen LogP contribution < -0.4 is 0 Å². The number of aliphatic imine (C=N–C) groups is 2. The second-order valence-electron chi connectivity index (χ2n) is 5.66. The van der Waals surface area contributed by atoms with Crippen LogP contribution >= 0.6 is 0 Å². The van der Waals surface area contributed by atoms with Crippen molar-refractivity contribution in [2.24, 2.45) is 9.98 Å². The van der Waals surface area contributed by atoms with Gasteiger partial charge in [-0.05, 0) is 6.42 Å². The van der Waals surface area contributed by atoms with Crippen molar-refractivity contribution in [2.75, 3.05) is 13.1 Å². The number of nitrogens with zero attached hydrogens (tertiary/aromatic N) is 2. The van der Waals surface area contributed by atoms with E-state index in [0.29, 0.717) is 30.9 Å². The minimum Gasteiger partial charge on any atom is -0.293 e. The third-order valence-electron chi connectivity index (χ3n) is 3.62. The highest BCUT2D eigenvalue weighted by molar-refractivity contribution is 6.45. The van der Waals surface area contributed by atoms with E-state index >= 15 is 0 Å². The summed E-state index contributed by atoms with van der Waals surface area (Å²) in [7, 11) is 0. The fourth-order valence-corrected chi connectivity index (χ4v) is 2.46. The molecule has 0 heterocycles. The third-order valence-corrected chi connectivity index (χ3v) is 3.62. The van der Waals surface area contributed by atoms with E-state index in [4.69, 9.17) is 0 Å². The molecule has 4 heteroatoms. The molecule has 0 N–H and O–H groups in total. The highest BCUT2D eigenvalue weighted by Gasteiger charge is 2.09. The molecule has 0 aliphatic rings. The molecule has 2 rings (SSSR count). The fraction of sp³-hybridized carbons (Fsp3) is 0.238. The van der Waals surface area contributed by atoms with Gasteiger partial charge < -0.3 is 0 Å². The first-order valence-corrected chi connectivity index (χ1v) is 8.31.